The van der Waals surface area contributed by atoms with Crippen molar-refractivity contribution in [3.63, 3.8) is 0 Å². The van der Waals surface area contributed by atoms with Crippen LogP contribution in [0.5, 0.6) is 0 Å². The average molecular weight is 341 g/mol. The number of likely N-dealkylation sites (tertiary alicyclic amines) is 1. The molecule has 0 radical (unpaired) electrons. The van der Waals surface area contributed by atoms with Crippen LogP contribution >= 0.6 is 0 Å². The van der Waals surface area contributed by atoms with E-state index >= 15 is 0 Å². The first-order valence-corrected chi connectivity index (χ1v) is 8.88. The van der Waals surface area contributed by atoms with E-state index in [9.17, 15) is 4.79 Å². The topological polar surface area (TPSA) is 65.7 Å². The van der Waals surface area contributed by atoms with Crippen LogP contribution in [0.3, 0.4) is 0 Å². The molecule has 0 aromatic carbocycles. The molecule has 0 saturated carbocycles. The van der Waals surface area contributed by atoms with Crippen LogP contribution in [0, 0.1) is 0 Å². The van der Waals surface area contributed by atoms with Gasteiger partial charge in [-0.05, 0) is 31.0 Å². The molecule has 4 heterocycles. The lowest BCUT2D eigenvalue weighted by molar-refractivity contribution is -0.133. The predicted molar refractivity (Wildman–Crippen MR) is 93.1 cm³/mol. The smallest absolute Gasteiger partial charge is 0.237 e. The van der Waals surface area contributed by atoms with Gasteiger partial charge >= 0.3 is 0 Å². The Morgan fingerprint density at radius 2 is 1.92 bits per heavy atom. The Morgan fingerprint density at radius 3 is 2.64 bits per heavy atom. The molecule has 2 saturated heterocycles. The van der Waals surface area contributed by atoms with E-state index in [1.165, 1.54) is 0 Å². The highest BCUT2D eigenvalue weighted by Crippen LogP contribution is 2.32. The van der Waals surface area contributed by atoms with Gasteiger partial charge in [-0.25, -0.2) is 9.97 Å². The number of rotatable bonds is 4. The number of piperazine rings is 1. The number of hydrogen-bond acceptors (Lipinski definition) is 6. The van der Waals surface area contributed by atoms with Crippen LogP contribution in [-0.2, 0) is 4.79 Å². The van der Waals surface area contributed by atoms with Gasteiger partial charge in [-0.15, -0.1) is 0 Å². The standard InChI is InChI=1S/C18H23N5O2/c24-17(23-8-1-4-15(23)16-5-2-13-25-16)14-21-9-11-22(12-10-21)18-19-6-3-7-20-18/h2-3,5-7,13,15H,1,4,8-12,14H2. The lowest BCUT2D eigenvalue weighted by atomic mass is 10.1. The Kier molecular flexibility index (Phi) is 4.65. The summed E-state index contributed by atoms with van der Waals surface area (Å²) in [4.78, 5) is 27.7. The highest BCUT2D eigenvalue weighted by Gasteiger charge is 2.32. The van der Waals surface area contributed by atoms with Crippen LogP contribution in [0.4, 0.5) is 5.95 Å². The normalized spacial score (nSPS) is 21.7. The summed E-state index contributed by atoms with van der Waals surface area (Å²) in [6.07, 6.45) is 7.23. The monoisotopic (exact) mass is 341 g/mol. The van der Waals surface area contributed by atoms with Crippen LogP contribution in [0.2, 0.25) is 0 Å². The van der Waals surface area contributed by atoms with Gasteiger partial charge in [0, 0.05) is 45.1 Å². The summed E-state index contributed by atoms with van der Waals surface area (Å²) < 4.78 is 5.52. The zero-order valence-electron chi connectivity index (χ0n) is 14.3. The zero-order valence-corrected chi connectivity index (χ0v) is 14.3. The number of carbonyl (C=O) groups is 1. The summed E-state index contributed by atoms with van der Waals surface area (Å²) in [7, 11) is 0. The molecule has 132 valence electrons. The van der Waals surface area contributed by atoms with Crippen LogP contribution in [0.25, 0.3) is 0 Å². The summed E-state index contributed by atoms with van der Waals surface area (Å²) in [5.41, 5.74) is 0. The van der Waals surface area contributed by atoms with E-state index in [2.05, 4.69) is 19.8 Å². The van der Waals surface area contributed by atoms with E-state index in [1.54, 1.807) is 18.7 Å². The maximum Gasteiger partial charge on any atom is 0.237 e. The van der Waals surface area contributed by atoms with Crippen molar-refractivity contribution < 1.29 is 9.21 Å². The number of amides is 1. The Morgan fingerprint density at radius 1 is 1.12 bits per heavy atom. The third-order valence-corrected chi connectivity index (χ3v) is 5.01. The van der Waals surface area contributed by atoms with Crippen LogP contribution in [0.1, 0.15) is 24.6 Å². The largest absolute Gasteiger partial charge is 0.467 e. The molecule has 1 atom stereocenters. The van der Waals surface area contributed by atoms with Crippen molar-refractivity contribution in [1.82, 2.24) is 19.8 Å². The van der Waals surface area contributed by atoms with Crippen molar-refractivity contribution in [2.24, 2.45) is 0 Å². The average Bonchev–Trinajstić information content (AvgIpc) is 3.34. The summed E-state index contributed by atoms with van der Waals surface area (Å²) in [5.74, 6) is 1.87. The second-order valence-corrected chi connectivity index (χ2v) is 6.57. The predicted octanol–water partition coefficient (Wildman–Crippen LogP) is 1.56. The second kappa shape index (κ2) is 7.23. The van der Waals surface area contributed by atoms with Crippen molar-refractivity contribution in [2.45, 2.75) is 18.9 Å². The molecule has 0 spiro atoms. The van der Waals surface area contributed by atoms with E-state index < -0.39 is 0 Å². The molecule has 0 N–H and O–H groups in total. The van der Waals surface area contributed by atoms with E-state index in [0.29, 0.717) is 6.54 Å². The molecule has 2 aromatic rings. The van der Waals surface area contributed by atoms with Gasteiger partial charge in [-0.3, -0.25) is 9.69 Å². The van der Waals surface area contributed by atoms with Gasteiger partial charge in [0.25, 0.3) is 0 Å². The molecule has 7 nitrogen and oxygen atoms in total. The Labute approximate surface area is 147 Å². The third kappa shape index (κ3) is 3.51. The Hall–Kier alpha value is -2.41. The molecule has 25 heavy (non-hydrogen) atoms. The van der Waals surface area contributed by atoms with Crippen LogP contribution < -0.4 is 4.90 Å². The first-order valence-electron chi connectivity index (χ1n) is 8.88. The minimum Gasteiger partial charge on any atom is -0.467 e. The summed E-state index contributed by atoms with van der Waals surface area (Å²) in [6.45, 7) is 4.69. The Bertz CT molecular complexity index is 683. The molecule has 2 aliphatic rings. The first-order chi connectivity index (χ1) is 12.3. The number of anilines is 1. The lowest BCUT2D eigenvalue weighted by Crippen LogP contribution is -2.50. The van der Waals surface area contributed by atoms with Crippen LogP contribution in [-0.4, -0.2) is 64.9 Å². The van der Waals surface area contributed by atoms with Gasteiger partial charge in [-0.2, -0.15) is 0 Å². The maximum atomic E-state index is 12.8. The molecular weight excluding hydrogens is 318 g/mol. The lowest BCUT2D eigenvalue weighted by Gasteiger charge is -2.35. The molecule has 2 fully saturated rings. The maximum absolute atomic E-state index is 12.8. The zero-order chi connectivity index (χ0) is 17.1. The molecule has 0 aliphatic carbocycles. The second-order valence-electron chi connectivity index (χ2n) is 6.57. The summed E-state index contributed by atoms with van der Waals surface area (Å²) in [5, 5.41) is 0. The van der Waals surface area contributed by atoms with E-state index in [4.69, 9.17) is 4.42 Å². The van der Waals surface area contributed by atoms with E-state index in [1.807, 2.05) is 23.1 Å². The van der Waals surface area contributed by atoms with Gasteiger partial charge in [0.1, 0.15) is 5.76 Å². The number of carbonyl (C=O) groups excluding carboxylic acids is 1. The van der Waals surface area contributed by atoms with E-state index in [0.717, 1.165) is 57.3 Å². The molecule has 7 heteroatoms. The third-order valence-electron chi connectivity index (χ3n) is 5.01. The summed E-state index contributed by atoms with van der Waals surface area (Å²) in [6, 6.07) is 5.78. The van der Waals surface area contributed by atoms with Crippen molar-refractivity contribution >= 4 is 11.9 Å². The molecule has 1 amide bonds. The molecule has 2 aliphatic heterocycles. The molecule has 0 bridgehead atoms. The number of furan rings is 1. The summed E-state index contributed by atoms with van der Waals surface area (Å²) >= 11 is 0. The highest BCUT2D eigenvalue weighted by molar-refractivity contribution is 5.79. The van der Waals surface area contributed by atoms with Crippen molar-refractivity contribution in [3.8, 4) is 0 Å². The van der Waals surface area contributed by atoms with Gasteiger partial charge in [-0.1, -0.05) is 0 Å². The first kappa shape index (κ1) is 16.1. The van der Waals surface area contributed by atoms with Gasteiger partial charge in [0.15, 0.2) is 0 Å². The van der Waals surface area contributed by atoms with Crippen molar-refractivity contribution in [3.05, 3.63) is 42.6 Å². The quantitative estimate of drug-likeness (QED) is 0.841. The molecule has 1 unspecified atom stereocenters. The van der Waals surface area contributed by atoms with Crippen molar-refractivity contribution in [2.75, 3.05) is 44.2 Å². The van der Waals surface area contributed by atoms with Gasteiger partial charge in [0.2, 0.25) is 11.9 Å². The molecular formula is C18H23N5O2. The fourth-order valence-corrected chi connectivity index (χ4v) is 3.68. The van der Waals surface area contributed by atoms with Gasteiger partial charge < -0.3 is 14.2 Å². The highest BCUT2D eigenvalue weighted by atomic mass is 16.3. The van der Waals surface area contributed by atoms with Gasteiger partial charge in [0.05, 0.1) is 18.8 Å². The number of aromatic nitrogens is 2. The molecule has 4 rings (SSSR count). The molecule has 2 aromatic heterocycles. The van der Waals surface area contributed by atoms with Crippen LogP contribution in [0.15, 0.2) is 41.3 Å². The SMILES string of the molecule is O=C(CN1CCN(c2ncccn2)CC1)N1CCCC1c1ccco1. The minimum absolute atomic E-state index is 0.0986. The number of hydrogen-bond donors (Lipinski definition) is 0. The fraction of sp³-hybridized carbons (Fsp3) is 0.500. The van der Waals surface area contributed by atoms with Crippen molar-refractivity contribution in [1.29, 1.82) is 0 Å². The minimum atomic E-state index is 0.0986. The van der Waals surface area contributed by atoms with E-state index in [-0.39, 0.29) is 11.9 Å². The number of nitrogens with zero attached hydrogens (tertiary/aromatic N) is 5. The fourth-order valence-electron chi connectivity index (χ4n) is 3.68. The Balaban J connectivity index is 1.32.